The lowest BCUT2D eigenvalue weighted by atomic mass is 10.0. The molecule has 13 N–H and O–H groups in total. The summed E-state index contributed by atoms with van der Waals surface area (Å²) in [5.41, 5.74) is 22.0. The van der Waals surface area contributed by atoms with Crippen LogP contribution in [0.1, 0.15) is 45.1 Å². The molecule has 1 rings (SSSR count). The molecule has 0 saturated carbocycles. The third-order valence-electron chi connectivity index (χ3n) is 6.16. The first-order chi connectivity index (χ1) is 20.3. The van der Waals surface area contributed by atoms with Gasteiger partial charge in [0.2, 0.25) is 11.8 Å². The Bertz CT molecular complexity index is 1120. The molecular formula is C27H44N10O6. The Morgan fingerprint density at radius 1 is 0.814 bits per heavy atom. The standard InChI is InChI=1S/C27H44N10O6/c1-16(2)21(23(40)34-18(15-38)10-6-12-32-25(28)29)37-22(39)19(11-7-13-33-26(30)31)35-27(43)36-20(24(41)42)14-17-8-4-3-5-9-17/h3-5,8-9,15-16,18-21H,6-7,10-14H2,1-2H3,(H,34,40)(H,37,39)(H,41,42)(H4,28,29,32)(H4,30,31,33)(H2,35,36,43)/t18?,19-,20?,21?/m1/s1. The number of urea groups is 1. The first kappa shape index (κ1) is 36.1. The van der Waals surface area contributed by atoms with E-state index in [2.05, 4.69) is 31.3 Å². The minimum absolute atomic E-state index is 0.0183. The Hall–Kier alpha value is -4.89. The second-order valence-electron chi connectivity index (χ2n) is 10.1. The van der Waals surface area contributed by atoms with Crippen LogP contribution < -0.4 is 44.2 Å². The zero-order valence-electron chi connectivity index (χ0n) is 24.5. The van der Waals surface area contributed by atoms with Crippen molar-refractivity contribution in [3.63, 3.8) is 0 Å². The van der Waals surface area contributed by atoms with Gasteiger partial charge in [0.15, 0.2) is 11.9 Å². The number of amides is 4. The summed E-state index contributed by atoms with van der Waals surface area (Å²) in [6.45, 7) is 3.84. The maximum absolute atomic E-state index is 13.3. The molecule has 0 heterocycles. The molecule has 0 radical (unpaired) electrons. The Morgan fingerprint density at radius 3 is 1.88 bits per heavy atom. The summed E-state index contributed by atoms with van der Waals surface area (Å²) in [5.74, 6) is -3.17. The van der Waals surface area contributed by atoms with Crippen LogP contribution in [-0.2, 0) is 25.6 Å². The van der Waals surface area contributed by atoms with Crippen molar-refractivity contribution in [1.82, 2.24) is 21.3 Å². The van der Waals surface area contributed by atoms with Crippen LogP contribution in [0.5, 0.6) is 0 Å². The number of aldehydes is 1. The van der Waals surface area contributed by atoms with Gasteiger partial charge in [-0.1, -0.05) is 44.2 Å². The van der Waals surface area contributed by atoms with Crippen LogP contribution in [0.15, 0.2) is 40.3 Å². The number of nitrogens with one attached hydrogen (secondary N) is 4. The van der Waals surface area contributed by atoms with Crippen molar-refractivity contribution in [3.05, 3.63) is 35.9 Å². The molecule has 4 amide bonds. The molecule has 16 heteroatoms. The molecule has 1 aromatic rings. The molecule has 4 atom stereocenters. The van der Waals surface area contributed by atoms with Gasteiger partial charge < -0.3 is 54.1 Å². The quantitative estimate of drug-likeness (QED) is 0.0372. The molecule has 3 unspecified atom stereocenters. The Morgan fingerprint density at radius 2 is 1.37 bits per heavy atom. The van der Waals surface area contributed by atoms with Crippen molar-refractivity contribution in [3.8, 4) is 0 Å². The van der Waals surface area contributed by atoms with Crippen molar-refractivity contribution in [2.75, 3.05) is 13.1 Å². The summed E-state index contributed by atoms with van der Waals surface area (Å²) in [4.78, 5) is 70.3. The van der Waals surface area contributed by atoms with Gasteiger partial charge in [-0.05, 0) is 37.2 Å². The molecule has 0 saturated heterocycles. The predicted molar refractivity (Wildman–Crippen MR) is 162 cm³/mol. The highest BCUT2D eigenvalue weighted by molar-refractivity contribution is 5.93. The first-order valence-corrected chi connectivity index (χ1v) is 13.8. The molecule has 0 fully saturated rings. The first-order valence-electron chi connectivity index (χ1n) is 13.8. The number of carboxylic acids is 1. The summed E-state index contributed by atoms with van der Waals surface area (Å²) in [6, 6.07) is 3.51. The number of nitrogens with zero attached hydrogens (tertiary/aromatic N) is 2. The highest BCUT2D eigenvalue weighted by Crippen LogP contribution is 2.08. The van der Waals surface area contributed by atoms with Gasteiger partial charge in [-0.15, -0.1) is 0 Å². The van der Waals surface area contributed by atoms with E-state index in [0.29, 0.717) is 18.3 Å². The molecule has 1 aromatic carbocycles. The van der Waals surface area contributed by atoms with Crippen molar-refractivity contribution >= 4 is 42.0 Å². The predicted octanol–water partition coefficient (Wildman–Crippen LogP) is -1.72. The number of guanidine groups is 2. The maximum atomic E-state index is 13.3. The zero-order valence-corrected chi connectivity index (χ0v) is 24.5. The molecule has 16 nitrogen and oxygen atoms in total. The average molecular weight is 605 g/mol. The summed E-state index contributed by atoms with van der Waals surface area (Å²) in [6.07, 6.45) is 1.65. The van der Waals surface area contributed by atoms with Gasteiger partial charge in [0.25, 0.3) is 0 Å². The Labute approximate surface area is 250 Å². The number of carboxylic acid groups (broad SMARTS) is 1. The number of aliphatic carboxylic acids is 1. The van der Waals surface area contributed by atoms with Crippen LogP contribution in [0.25, 0.3) is 0 Å². The van der Waals surface area contributed by atoms with Crippen LogP contribution in [0.3, 0.4) is 0 Å². The average Bonchev–Trinajstić information content (AvgIpc) is 2.94. The van der Waals surface area contributed by atoms with Crippen LogP contribution >= 0.6 is 0 Å². The molecule has 238 valence electrons. The topological polar surface area (TPSA) is 282 Å². The van der Waals surface area contributed by atoms with Gasteiger partial charge in [-0.2, -0.15) is 0 Å². The van der Waals surface area contributed by atoms with E-state index in [1.807, 2.05) is 0 Å². The normalized spacial score (nSPS) is 13.4. The molecule has 0 aliphatic heterocycles. The van der Waals surface area contributed by atoms with E-state index in [4.69, 9.17) is 22.9 Å². The maximum Gasteiger partial charge on any atom is 0.326 e. The molecule has 0 spiro atoms. The van der Waals surface area contributed by atoms with Gasteiger partial charge in [0.05, 0.1) is 6.04 Å². The van der Waals surface area contributed by atoms with E-state index >= 15 is 0 Å². The number of benzene rings is 1. The minimum Gasteiger partial charge on any atom is -0.480 e. The van der Waals surface area contributed by atoms with E-state index in [9.17, 15) is 29.1 Å². The fraction of sp³-hybridized carbons (Fsp3) is 0.519. The monoisotopic (exact) mass is 604 g/mol. The molecule has 0 aromatic heterocycles. The highest BCUT2D eigenvalue weighted by Gasteiger charge is 2.30. The van der Waals surface area contributed by atoms with E-state index in [0.717, 1.165) is 0 Å². The van der Waals surface area contributed by atoms with Crippen molar-refractivity contribution in [2.45, 2.75) is 70.1 Å². The van der Waals surface area contributed by atoms with Crippen LogP contribution in [0.2, 0.25) is 0 Å². The molecule has 0 aliphatic carbocycles. The van der Waals surface area contributed by atoms with E-state index in [-0.39, 0.29) is 50.7 Å². The van der Waals surface area contributed by atoms with Gasteiger partial charge in [-0.25, -0.2) is 9.59 Å². The van der Waals surface area contributed by atoms with Gasteiger partial charge in [0.1, 0.15) is 24.4 Å². The third-order valence-corrected chi connectivity index (χ3v) is 6.16. The Balaban J connectivity index is 2.97. The van der Waals surface area contributed by atoms with Gasteiger partial charge >= 0.3 is 12.0 Å². The van der Waals surface area contributed by atoms with Crippen molar-refractivity contribution in [2.24, 2.45) is 38.8 Å². The molecule has 43 heavy (non-hydrogen) atoms. The lowest BCUT2D eigenvalue weighted by molar-refractivity contribution is -0.139. The number of aliphatic imine (C=N–C) groups is 2. The van der Waals surface area contributed by atoms with E-state index in [1.54, 1.807) is 44.2 Å². The summed E-state index contributed by atoms with van der Waals surface area (Å²) >= 11 is 0. The highest BCUT2D eigenvalue weighted by atomic mass is 16.4. The second-order valence-corrected chi connectivity index (χ2v) is 10.1. The number of carbonyl (C=O) groups is 5. The van der Waals surface area contributed by atoms with E-state index < -0.39 is 53.9 Å². The lowest BCUT2D eigenvalue weighted by Gasteiger charge is -2.27. The zero-order chi connectivity index (χ0) is 32.4. The van der Waals surface area contributed by atoms with Crippen LogP contribution in [0.4, 0.5) is 4.79 Å². The molecule has 0 bridgehead atoms. The summed E-state index contributed by atoms with van der Waals surface area (Å²) in [7, 11) is 0. The second kappa shape index (κ2) is 19.3. The number of hydrogen-bond acceptors (Lipinski definition) is 7. The SMILES string of the molecule is CC(C)C(NC(=O)[C@@H](CCCN=C(N)N)NC(=O)NC(Cc1ccccc1)C(=O)O)C(=O)NC(C=O)CCCN=C(N)N. The van der Waals surface area contributed by atoms with Gasteiger partial charge in [-0.3, -0.25) is 19.6 Å². The largest absolute Gasteiger partial charge is 0.480 e. The number of rotatable bonds is 19. The smallest absolute Gasteiger partial charge is 0.326 e. The van der Waals surface area contributed by atoms with E-state index in [1.165, 1.54) is 0 Å². The summed E-state index contributed by atoms with van der Waals surface area (Å²) in [5, 5.41) is 19.7. The number of carbonyl (C=O) groups excluding carboxylic acids is 4. The Kier molecular flexibility index (Phi) is 16.2. The minimum atomic E-state index is -1.27. The van der Waals surface area contributed by atoms with Crippen molar-refractivity contribution < 1.29 is 29.1 Å². The lowest BCUT2D eigenvalue weighted by Crippen LogP contribution is -2.58. The fourth-order valence-electron chi connectivity index (χ4n) is 3.94. The van der Waals surface area contributed by atoms with Gasteiger partial charge in [0, 0.05) is 19.5 Å². The fourth-order valence-corrected chi connectivity index (χ4v) is 3.94. The number of nitrogens with two attached hydrogens (primary N) is 4. The van der Waals surface area contributed by atoms with Crippen molar-refractivity contribution in [1.29, 1.82) is 0 Å². The van der Waals surface area contributed by atoms with Crippen LogP contribution in [0, 0.1) is 5.92 Å². The van der Waals surface area contributed by atoms with Crippen LogP contribution in [-0.4, -0.2) is 84.4 Å². The third kappa shape index (κ3) is 15.1. The molecule has 0 aliphatic rings. The summed E-state index contributed by atoms with van der Waals surface area (Å²) < 4.78 is 0. The number of hydrogen-bond donors (Lipinski definition) is 9. The molecular weight excluding hydrogens is 560 g/mol.